The van der Waals surface area contributed by atoms with Crippen LogP contribution in [0.3, 0.4) is 0 Å². The maximum atomic E-state index is 13.5. The van der Waals surface area contributed by atoms with Crippen molar-refractivity contribution in [3.63, 3.8) is 0 Å². The second-order valence-electron chi connectivity index (χ2n) is 7.20. The van der Waals surface area contributed by atoms with Gasteiger partial charge in [-0.05, 0) is 54.1 Å². The highest BCUT2D eigenvalue weighted by atomic mass is 35.5. The van der Waals surface area contributed by atoms with E-state index in [1.165, 1.54) is 17.0 Å². The fourth-order valence-electron chi connectivity index (χ4n) is 4.06. The number of hydrogen-bond acceptors (Lipinski definition) is 4. The minimum absolute atomic E-state index is 0.345. The monoisotopic (exact) mass is 422 g/mol. The van der Waals surface area contributed by atoms with Gasteiger partial charge < -0.3 is 0 Å². The van der Waals surface area contributed by atoms with Crippen molar-refractivity contribution >= 4 is 34.8 Å². The van der Waals surface area contributed by atoms with Gasteiger partial charge in [0.05, 0.1) is 17.4 Å². The van der Waals surface area contributed by atoms with E-state index < -0.39 is 24.0 Å². The lowest BCUT2D eigenvalue weighted by molar-refractivity contribution is -0.126. The predicted molar refractivity (Wildman–Crippen MR) is 110 cm³/mol. The van der Waals surface area contributed by atoms with Gasteiger partial charge in [-0.2, -0.15) is 0 Å². The van der Waals surface area contributed by atoms with Gasteiger partial charge in [0, 0.05) is 5.02 Å². The summed E-state index contributed by atoms with van der Waals surface area (Å²) in [6.45, 7) is 0. The largest absolute Gasteiger partial charge is 0.273 e. The van der Waals surface area contributed by atoms with E-state index in [0.717, 1.165) is 0 Å². The molecule has 2 amide bonds. The Morgan fingerprint density at radius 3 is 2.13 bits per heavy atom. The number of rotatable bonds is 3. The average molecular weight is 423 g/mol. The van der Waals surface area contributed by atoms with Crippen LogP contribution in [0.5, 0.6) is 0 Å². The molecule has 3 atom stereocenters. The molecule has 2 fully saturated rings. The van der Waals surface area contributed by atoms with Crippen molar-refractivity contribution in [2.45, 2.75) is 12.1 Å². The SMILES string of the molecule is O=C1[C@@H]2[C@H](ON(c3ccc(Cl)cc3)[C@H]2c2ccc(F)cc2)C(=O)N1c1ccccc1. The summed E-state index contributed by atoms with van der Waals surface area (Å²) in [5.41, 5.74) is 1.83. The molecule has 2 heterocycles. The summed E-state index contributed by atoms with van der Waals surface area (Å²) in [5.74, 6) is -1.91. The molecule has 0 unspecified atom stereocenters. The van der Waals surface area contributed by atoms with Gasteiger partial charge in [0.2, 0.25) is 5.91 Å². The molecule has 0 saturated carbocycles. The highest BCUT2D eigenvalue weighted by molar-refractivity contribution is 6.30. The number of fused-ring (bicyclic) bond motifs is 1. The molecular weight excluding hydrogens is 407 g/mol. The lowest BCUT2D eigenvalue weighted by atomic mass is 9.90. The molecule has 5 nitrogen and oxygen atoms in total. The van der Waals surface area contributed by atoms with Crippen molar-refractivity contribution in [1.82, 2.24) is 0 Å². The van der Waals surface area contributed by atoms with Crippen LogP contribution in [0.25, 0.3) is 0 Å². The molecular formula is C23H16ClFN2O3. The molecule has 0 radical (unpaired) electrons. The van der Waals surface area contributed by atoms with Crippen molar-refractivity contribution < 1.29 is 18.8 Å². The van der Waals surface area contributed by atoms with E-state index in [-0.39, 0.29) is 11.7 Å². The first kappa shape index (κ1) is 18.8. The molecule has 3 aromatic carbocycles. The van der Waals surface area contributed by atoms with Crippen LogP contribution in [0.2, 0.25) is 5.02 Å². The summed E-state index contributed by atoms with van der Waals surface area (Å²) in [7, 11) is 0. The van der Waals surface area contributed by atoms with Crippen LogP contribution in [0.15, 0.2) is 78.9 Å². The molecule has 2 saturated heterocycles. The average Bonchev–Trinajstić information content (AvgIpc) is 3.26. The first-order chi connectivity index (χ1) is 14.5. The molecule has 7 heteroatoms. The lowest BCUT2D eigenvalue weighted by Gasteiger charge is -2.28. The summed E-state index contributed by atoms with van der Waals surface area (Å²) in [5, 5.41) is 2.11. The summed E-state index contributed by atoms with van der Waals surface area (Å²) in [6, 6.07) is 21.0. The number of hydrogen-bond donors (Lipinski definition) is 0. The smallest absolute Gasteiger partial charge is 0.266 e. The summed E-state index contributed by atoms with van der Waals surface area (Å²) in [4.78, 5) is 33.7. The Morgan fingerprint density at radius 2 is 1.47 bits per heavy atom. The van der Waals surface area contributed by atoms with Gasteiger partial charge in [0.25, 0.3) is 5.91 Å². The molecule has 2 aliphatic heterocycles. The highest BCUT2D eigenvalue weighted by Gasteiger charge is 2.60. The van der Waals surface area contributed by atoms with Crippen molar-refractivity contribution in [3.05, 3.63) is 95.3 Å². The molecule has 0 bridgehead atoms. The van der Waals surface area contributed by atoms with E-state index in [9.17, 15) is 14.0 Å². The summed E-state index contributed by atoms with van der Waals surface area (Å²) >= 11 is 6.00. The zero-order valence-electron chi connectivity index (χ0n) is 15.6. The van der Waals surface area contributed by atoms with Crippen LogP contribution >= 0.6 is 11.6 Å². The zero-order valence-corrected chi connectivity index (χ0v) is 16.4. The number of amides is 2. The minimum atomic E-state index is -0.969. The van der Waals surface area contributed by atoms with Gasteiger partial charge >= 0.3 is 0 Å². The Morgan fingerprint density at radius 1 is 0.800 bits per heavy atom. The topological polar surface area (TPSA) is 49.9 Å². The van der Waals surface area contributed by atoms with E-state index in [1.54, 1.807) is 65.7 Å². The summed E-state index contributed by atoms with van der Waals surface area (Å²) < 4.78 is 13.5. The fourth-order valence-corrected chi connectivity index (χ4v) is 4.18. The molecule has 150 valence electrons. The van der Waals surface area contributed by atoms with Crippen LogP contribution in [0.4, 0.5) is 15.8 Å². The number of hydroxylamine groups is 1. The third-order valence-corrected chi connectivity index (χ3v) is 5.67. The molecule has 0 aliphatic carbocycles. The van der Waals surface area contributed by atoms with Crippen molar-refractivity contribution in [1.29, 1.82) is 0 Å². The molecule has 0 N–H and O–H groups in total. The molecule has 2 aliphatic rings. The normalized spacial score (nSPS) is 23.2. The quantitative estimate of drug-likeness (QED) is 0.582. The molecule has 3 aromatic rings. The van der Waals surface area contributed by atoms with E-state index in [0.29, 0.717) is 22.0 Å². The summed E-state index contributed by atoms with van der Waals surface area (Å²) in [6.07, 6.45) is -0.969. The van der Waals surface area contributed by atoms with Gasteiger partial charge in [0.1, 0.15) is 11.7 Å². The second kappa shape index (κ2) is 7.23. The second-order valence-corrected chi connectivity index (χ2v) is 7.63. The third kappa shape index (κ3) is 2.96. The van der Waals surface area contributed by atoms with Gasteiger partial charge in [-0.25, -0.2) is 14.4 Å². The molecule has 0 spiro atoms. The number of halogens is 2. The zero-order chi connectivity index (χ0) is 20.8. The fraction of sp³-hybridized carbons (Fsp3) is 0.130. The van der Waals surface area contributed by atoms with Crippen molar-refractivity contribution in [3.8, 4) is 0 Å². The van der Waals surface area contributed by atoms with Crippen LogP contribution in [0, 0.1) is 11.7 Å². The van der Waals surface area contributed by atoms with E-state index >= 15 is 0 Å². The van der Waals surface area contributed by atoms with Gasteiger partial charge in [-0.3, -0.25) is 14.4 Å². The molecule has 0 aromatic heterocycles. The predicted octanol–water partition coefficient (Wildman–Crippen LogP) is 4.53. The Balaban J connectivity index is 1.59. The molecule has 5 rings (SSSR count). The maximum absolute atomic E-state index is 13.5. The van der Waals surface area contributed by atoms with E-state index in [1.807, 2.05) is 6.07 Å². The van der Waals surface area contributed by atoms with Crippen LogP contribution < -0.4 is 9.96 Å². The van der Waals surface area contributed by atoms with Gasteiger partial charge in [0.15, 0.2) is 6.10 Å². The maximum Gasteiger partial charge on any atom is 0.266 e. The third-order valence-electron chi connectivity index (χ3n) is 5.42. The first-order valence-electron chi connectivity index (χ1n) is 9.44. The number of imide groups is 1. The Bertz CT molecular complexity index is 1110. The number of para-hydroxylation sites is 1. The molecule has 30 heavy (non-hydrogen) atoms. The Kier molecular flexibility index (Phi) is 4.53. The number of nitrogens with zero attached hydrogens (tertiary/aromatic N) is 2. The standard InChI is InChI=1S/C23H16ClFN2O3/c24-15-8-12-18(13-9-15)27-20(14-6-10-16(25)11-7-14)19-21(30-27)23(29)26(22(19)28)17-4-2-1-3-5-17/h1-13,19-21H/t19-,20-,21-/m0/s1. The Labute approximate surface area is 177 Å². The lowest BCUT2D eigenvalue weighted by Crippen LogP contribution is -2.37. The van der Waals surface area contributed by atoms with Crippen LogP contribution in [-0.2, 0) is 14.4 Å². The number of carbonyl (C=O) groups is 2. The van der Waals surface area contributed by atoms with Gasteiger partial charge in [-0.1, -0.05) is 41.9 Å². The van der Waals surface area contributed by atoms with Gasteiger partial charge in [-0.15, -0.1) is 0 Å². The minimum Gasteiger partial charge on any atom is -0.273 e. The van der Waals surface area contributed by atoms with E-state index in [2.05, 4.69) is 0 Å². The van der Waals surface area contributed by atoms with E-state index in [4.69, 9.17) is 16.4 Å². The first-order valence-corrected chi connectivity index (χ1v) is 9.82. The highest BCUT2D eigenvalue weighted by Crippen LogP contribution is 2.47. The van der Waals surface area contributed by atoms with Crippen LogP contribution in [-0.4, -0.2) is 17.9 Å². The number of benzene rings is 3. The number of carbonyl (C=O) groups excluding carboxylic acids is 2. The van der Waals surface area contributed by atoms with Crippen LogP contribution in [0.1, 0.15) is 11.6 Å². The Hall–Kier alpha value is -3.22. The van der Waals surface area contributed by atoms with Crippen molar-refractivity contribution in [2.75, 3.05) is 9.96 Å². The van der Waals surface area contributed by atoms with Crippen molar-refractivity contribution in [2.24, 2.45) is 5.92 Å². The number of anilines is 2.